The van der Waals surface area contributed by atoms with E-state index in [1.165, 1.54) is 10.5 Å². The van der Waals surface area contributed by atoms with E-state index < -0.39 is 0 Å². The second-order valence-corrected chi connectivity index (χ2v) is 7.61. The maximum absolute atomic E-state index is 12.1. The maximum Gasteiger partial charge on any atom is 0.336 e. The van der Waals surface area contributed by atoms with Gasteiger partial charge in [-0.1, -0.05) is 24.3 Å². The molecule has 0 bridgehead atoms. The molecule has 0 amide bonds. The first kappa shape index (κ1) is 20.1. The minimum atomic E-state index is -0.285. The van der Waals surface area contributed by atoms with E-state index in [2.05, 4.69) is 43.7 Å². The van der Waals surface area contributed by atoms with Crippen LogP contribution in [0.15, 0.2) is 51.7 Å². The number of hydrogen-bond donors (Lipinski definition) is 2. The molecule has 2 aromatic carbocycles. The number of quaternary nitrogens is 2. The van der Waals surface area contributed by atoms with E-state index in [0.717, 1.165) is 40.9 Å². The average molecular weight is 383 g/mol. The summed E-state index contributed by atoms with van der Waals surface area (Å²) < 4.78 is 10.9. The normalized spacial score (nSPS) is 12.5. The third kappa shape index (κ3) is 4.26. The van der Waals surface area contributed by atoms with Gasteiger partial charge in [0.25, 0.3) is 0 Å². The summed E-state index contributed by atoms with van der Waals surface area (Å²) in [5, 5.41) is 3.29. The van der Waals surface area contributed by atoms with Crippen molar-refractivity contribution in [3.8, 4) is 5.75 Å². The fourth-order valence-electron chi connectivity index (χ4n) is 3.66. The molecule has 5 heteroatoms. The van der Waals surface area contributed by atoms with Gasteiger partial charge < -0.3 is 19.4 Å². The van der Waals surface area contributed by atoms with Crippen molar-refractivity contribution in [3.63, 3.8) is 0 Å². The number of aryl methyl sites for hydroxylation is 2. The number of fused-ring (bicyclic) bond motifs is 1. The van der Waals surface area contributed by atoms with Crippen LogP contribution in [0.3, 0.4) is 0 Å². The average Bonchev–Trinajstić information content (AvgIpc) is 2.68. The number of nitrogens with one attached hydrogen (secondary N) is 1. The summed E-state index contributed by atoms with van der Waals surface area (Å²) in [6, 6.07) is 14.3. The summed E-state index contributed by atoms with van der Waals surface area (Å²) in [5.74, 6) is 0.876. The molecule has 0 radical (unpaired) electrons. The minimum absolute atomic E-state index is 0.285. The topological polar surface area (TPSA) is 60.5 Å². The van der Waals surface area contributed by atoms with E-state index in [0.29, 0.717) is 11.6 Å². The van der Waals surface area contributed by atoms with Gasteiger partial charge in [0.15, 0.2) is 6.04 Å². The summed E-state index contributed by atoms with van der Waals surface area (Å²) in [6.07, 6.45) is 0. The fraction of sp³-hybridized carbons (Fsp3) is 0.348. The Morgan fingerprint density at radius 1 is 1.14 bits per heavy atom. The van der Waals surface area contributed by atoms with E-state index in [1.807, 2.05) is 26.0 Å². The molecule has 0 unspecified atom stereocenters. The van der Waals surface area contributed by atoms with Crippen LogP contribution >= 0.6 is 0 Å². The SMILES string of the molecule is COc1cccc([C@@H](C[NH2+]Cc2cc(=O)oc3c(C)c(C)ccc23)[NH+](C)C)c1. The van der Waals surface area contributed by atoms with Crippen LogP contribution < -0.4 is 20.6 Å². The van der Waals surface area contributed by atoms with Gasteiger partial charge in [0, 0.05) is 22.6 Å². The molecular weight excluding hydrogens is 352 g/mol. The van der Waals surface area contributed by atoms with Crippen molar-refractivity contribution in [1.82, 2.24) is 0 Å². The molecule has 0 fully saturated rings. The maximum atomic E-state index is 12.1. The quantitative estimate of drug-likeness (QED) is 0.607. The number of methoxy groups -OCH3 is 1. The number of benzene rings is 2. The molecule has 3 rings (SSSR count). The third-order valence-corrected chi connectivity index (χ3v) is 5.48. The molecule has 5 nitrogen and oxygen atoms in total. The Kier molecular flexibility index (Phi) is 6.17. The molecule has 1 atom stereocenters. The Balaban J connectivity index is 1.81. The van der Waals surface area contributed by atoms with Gasteiger partial charge in [0.1, 0.15) is 24.4 Å². The standard InChI is InChI=1S/C23H28N2O3/c1-15-9-10-20-18(12-22(26)28-23(20)16(15)2)13-24-14-21(25(3)4)17-7-6-8-19(11-17)27-5/h6-12,21,24H,13-14H2,1-5H3/p+2/t21-/m1/s1. The van der Waals surface area contributed by atoms with Crippen molar-refractivity contribution in [2.45, 2.75) is 26.4 Å². The number of hydrogen-bond acceptors (Lipinski definition) is 3. The van der Waals surface area contributed by atoms with Gasteiger partial charge in [0.05, 0.1) is 21.2 Å². The largest absolute Gasteiger partial charge is 0.497 e. The minimum Gasteiger partial charge on any atom is -0.497 e. The Bertz CT molecular complexity index is 1020. The molecule has 0 saturated carbocycles. The van der Waals surface area contributed by atoms with Crippen LogP contribution in [0.4, 0.5) is 0 Å². The van der Waals surface area contributed by atoms with Crippen LogP contribution in [-0.2, 0) is 6.54 Å². The van der Waals surface area contributed by atoms with E-state index in [-0.39, 0.29) is 5.63 Å². The van der Waals surface area contributed by atoms with Gasteiger partial charge >= 0.3 is 5.63 Å². The van der Waals surface area contributed by atoms with Crippen LogP contribution in [0.5, 0.6) is 5.75 Å². The highest BCUT2D eigenvalue weighted by Crippen LogP contribution is 2.22. The van der Waals surface area contributed by atoms with Crippen LogP contribution in [0, 0.1) is 13.8 Å². The Labute approximate surface area is 165 Å². The van der Waals surface area contributed by atoms with E-state index in [4.69, 9.17) is 9.15 Å². The molecule has 148 valence electrons. The molecule has 1 aromatic heterocycles. The number of ether oxygens (including phenoxy) is 1. The highest BCUT2D eigenvalue weighted by Gasteiger charge is 2.21. The van der Waals surface area contributed by atoms with Crippen molar-refractivity contribution in [1.29, 1.82) is 0 Å². The molecule has 0 aliphatic heterocycles. The Hall–Kier alpha value is -2.63. The zero-order chi connectivity index (χ0) is 20.3. The first-order valence-electron chi connectivity index (χ1n) is 9.69. The molecule has 3 aromatic rings. The molecular formula is C23H30N2O3+2. The van der Waals surface area contributed by atoms with E-state index >= 15 is 0 Å². The fourth-order valence-corrected chi connectivity index (χ4v) is 3.66. The number of nitrogens with two attached hydrogens (primary N) is 1. The van der Waals surface area contributed by atoms with E-state index in [9.17, 15) is 4.79 Å². The summed E-state index contributed by atoms with van der Waals surface area (Å²) >= 11 is 0. The summed E-state index contributed by atoms with van der Waals surface area (Å²) in [4.78, 5) is 13.4. The van der Waals surface area contributed by atoms with Gasteiger partial charge in [-0.3, -0.25) is 0 Å². The zero-order valence-corrected chi connectivity index (χ0v) is 17.3. The molecule has 0 spiro atoms. The van der Waals surface area contributed by atoms with Gasteiger partial charge in [-0.05, 0) is 37.1 Å². The van der Waals surface area contributed by atoms with Crippen LogP contribution in [0.25, 0.3) is 11.0 Å². The monoisotopic (exact) mass is 382 g/mol. The third-order valence-electron chi connectivity index (χ3n) is 5.48. The lowest BCUT2D eigenvalue weighted by molar-refractivity contribution is -0.910. The van der Waals surface area contributed by atoms with Gasteiger partial charge in [-0.2, -0.15) is 0 Å². The predicted molar refractivity (Wildman–Crippen MR) is 111 cm³/mol. The molecule has 0 saturated heterocycles. The lowest BCUT2D eigenvalue weighted by atomic mass is 10.0. The van der Waals surface area contributed by atoms with Crippen LogP contribution in [0.2, 0.25) is 0 Å². The molecule has 1 heterocycles. The second-order valence-electron chi connectivity index (χ2n) is 7.61. The molecule has 3 N–H and O–H groups in total. The van der Waals surface area contributed by atoms with Crippen molar-refractivity contribution in [2.24, 2.45) is 0 Å². The second kappa shape index (κ2) is 8.59. The first-order chi connectivity index (χ1) is 13.4. The molecule has 0 aliphatic rings. The van der Waals surface area contributed by atoms with Crippen molar-refractivity contribution in [2.75, 3.05) is 27.7 Å². The molecule has 28 heavy (non-hydrogen) atoms. The van der Waals surface area contributed by atoms with Gasteiger partial charge in [0.2, 0.25) is 0 Å². The summed E-state index contributed by atoms with van der Waals surface area (Å²) in [7, 11) is 6.02. The van der Waals surface area contributed by atoms with Gasteiger partial charge in [-0.15, -0.1) is 0 Å². The Morgan fingerprint density at radius 3 is 2.64 bits per heavy atom. The number of likely N-dealkylation sites (N-methyl/N-ethyl adjacent to an activating group) is 1. The first-order valence-corrected chi connectivity index (χ1v) is 9.69. The number of rotatable bonds is 7. The van der Waals surface area contributed by atoms with Crippen molar-refractivity contribution >= 4 is 11.0 Å². The summed E-state index contributed by atoms with van der Waals surface area (Å²) in [5.41, 5.74) is 4.85. The Morgan fingerprint density at radius 2 is 1.93 bits per heavy atom. The van der Waals surface area contributed by atoms with Crippen LogP contribution in [-0.4, -0.2) is 27.7 Å². The lowest BCUT2D eigenvalue weighted by Gasteiger charge is -2.21. The highest BCUT2D eigenvalue weighted by molar-refractivity contribution is 5.83. The highest BCUT2D eigenvalue weighted by atomic mass is 16.5. The van der Waals surface area contributed by atoms with Crippen LogP contribution in [0.1, 0.15) is 28.3 Å². The lowest BCUT2D eigenvalue weighted by Crippen LogP contribution is -3.09. The smallest absolute Gasteiger partial charge is 0.336 e. The van der Waals surface area contributed by atoms with Crippen molar-refractivity contribution in [3.05, 3.63) is 75.1 Å². The van der Waals surface area contributed by atoms with E-state index in [1.54, 1.807) is 13.2 Å². The van der Waals surface area contributed by atoms with Crippen molar-refractivity contribution < 1.29 is 19.4 Å². The molecule has 0 aliphatic carbocycles. The van der Waals surface area contributed by atoms with Gasteiger partial charge in [-0.25, -0.2) is 4.79 Å². The zero-order valence-electron chi connectivity index (χ0n) is 17.3. The predicted octanol–water partition coefficient (Wildman–Crippen LogP) is 1.37. The summed E-state index contributed by atoms with van der Waals surface area (Å²) in [6.45, 7) is 5.68.